The van der Waals surface area contributed by atoms with Gasteiger partial charge in [-0.05, 0) is 39.4 Å². The summed E-state index contributed by atoms with van der Waals surface area (Å²) in [5.74, 6) is 0. The molecule has 2 radical (unpaired) electrons. The summed E-state index contributed by atoms with van der Waals surface area (Å²) in [6.45, 7) is 23.2. The van der Waals surface area contributed by atoms with Crippen LogP contribution in [0.4, 0.5) is 0 Å². The Hall–Kier alpha value is -1.83. The summed E-state index contributed by atoms with van der Waals surface area (Å²) in [7, 11) is 10.7. The maximum absolute atomic E-state index is 4.93. The molecule has 0 atom stereocenters. The van der Waals surface area contributed by atoms with Gasteiger partial charge in [-0.1, -0.05) is 140 Å². The van der Waals surface area contributed by atoms with E-state index in [0.717, 1.165) is 15.9 Å². The Bertz CT molecular complexity index is 1700. The predicted octanol–water partition coefficient (Wildman–Crippen LogP) is 11.6. The number of halogens is 2. The third-order valence-electron chi connectivity index (χ3n) is 8.58. The third kappa shape index (κ3) is 8.79. The number of rotatable bonds is 3. The monoisotopic (exact) mass is 740 g/mol. The minimum Gasteiger partial charge on any atom is -0.184 e. The Morgan fingerprint density at radius 1 is 0.739 bits per heavy atom. The third-order valence-corrected chi connectivity index (χ3v) is 9.95. The molecule has 0 bridgehead atoms. The van der Waals surface area contributed by atoms with Crippen LogP contribution in [0, 0.1) is 6.07 Å². The first-order valence-corrected chi connectivity index (χ1v) is 23.6. The van der Waals surface area contributed by atoms with Crippen LogP contribution >= 0.6 is 17.0 Å². The van der Waals surface area contributed by atoms with E-state index in [1.807, 2.05) is 6.07 Å². The number of aryl methyl sites for hydroxylation is 1. The van der Waals surface area contributed by atoms with Crippen LogP contribution in [0.25, 0.3) is 33.0 Å². The summed E-state index contributed by atoms with van der Waals surface area (Å²) in [5.41, 5.74) is 11.6. The molecule has 238 valence electrons. The largest absolute Gasteiger partial charge is 0.184 e. The van der Waals surface area contributed by atoms with Crippen molar-refractivity contribution in [1.29, 1.82) is 0 Å². The summed E-state index contributed by atoms with van der Waals surface area (Å²) < 4.78 is 0. The summed E-state index contributed by atoms with van der Waals surface area (Å²) in [6, 6.07) is 35.0. The van der Waals surface area contributed by atoms with Crippen molar-refractivity contribution >= 4 is 47.7 Å². The van der Waals surface area contributed by atoms with Crippen LogP contribution in [-0.4, -0.2) is 9.52 Å². The molecule has 0 amide bonds. The molecule has 1 aliphatic heterocycles. The Morgan fingerprint density at radius 2 is 1.35 bits per heavy atom. The van der Waals surface area contributed by atoms with Crippen molar-refractivity contribution in [2.45, 2.75) is 98.3 Å². The minimum absolute atomic E-state index is 0.0886. The molecule has 0 unspecified atom stereocenters. The maximum Gasteiger partial charge on any atom is 0.0920 e. The van der Waals surface area contributed by atoms with Gasteiger partial charge in [-0.15, -0.1) is 40.1 Å². The fraction of sp³-hybridized carbons (Fsp3) is 0.357. The maximum atomic E-state index is 4.93. The molecule has 4 heteroatoms. The van der Waals surface area contributed by atoms with Gasteiger partial charge in [0.25, 0.3) is 0 Å². The summed E-state index contributed by atoms with van der Waals surface area (Å²) in [4.78, 5) is 0. The molecule has 0 fully saturated rings. The second-order valence-corrected chi connectivity index (χ2v) is 20.4. The van der Waals surface area contributed by atoms with Gasteiger partial charge >= 0.3 is 37.9 Å². The Kier molecular flexibility index (Phi) is 12.2. The van der Waals surface area contributed by atoms with Gasteiger partial charge in [0.2, 0.25) is 0 Å². The molecule has 0 aliphatic carbocycles. The minimum atomic E-state index is -0.826. The smallest absolute Gasteiger partial charge is 0.0920 e. The van der Waals surface area contributed by atoms with Crippen LogP contribution in [0.3, 0.4) is 0 Å². The van der Waals surface area contributed by atoms with E-state index in [0.29, 0.717) is 0 Å². The first-order chi connectivity index (χ1) is 21.6. The molecule has 1 heterocycles. The van der Waals surface area contributed by atoms with Crippen LogP contribution in [-0.2, 0) is 43.5 Å². The first kappa shape index (κ1) is 37.0. The molecule has 0 spiro atoms. The van der Waals surface area contributed by atoms with Gasteiger partial charge in [-0.2, -0.15) is 35.5 Å². The predicted molar refractivity (Wildman–Crippen MR) is 203 cm³/mol. The fourth-order valence-electron chi connectivity index (χ4n) is 6.08. The number of benzene rings is 4. The number of hydrogen-bond donors (Lipinski definition) is 0. The van der Waals surface area contributed by atoms with Crippen molar-refractivity contribution in [2.75, 3.05) is 0 Å². The second-order valence-electron chi connectivity index (χ2n) is 15.4. The van der Waals surface area contributed by atoms with Crippen LogP contribution < -0.4 is 10.4 Å². The van der Waals surface area contributed by atoms with E-state index >= 15 is 0 Å². The first-order valence-electron chi connectivity index (χ1n) is 16.3. The molecular weight excluding hydrogens is 695 g/mol. The molecule has 0 N–H and O–H groups in total. The van der Waals surface area contributed by atoms with E-state index < -0.39 is 20.8 Å². The zero-order valence-corrected chi connectivity index (χ0v) is 34.2. The average Bonchev–Trinajstić information content (AvgIpc) is 3.57. The van der Waals surface area contributed by atoms with Crippen molar-refractivity contribution in [3.63, 3.8) is 0 Å². The summed E-state index contributed by atoms with van der Waals surface area (Å²) in [6.07, 6.45) is 2.33. The van der Waals surface area contributed by atoms with Crippen LogP contribution in [0.5, 0.6) is 0 Å². The molecule has 0 saturated heterocycles. The van der Waals surface area contributed by atoms with Gasteiger partial charge in [0, 0.05) is 0 Å². The van der Waals surface area contributed by atoms with E-state index in [-0.39, 0.29) is 16.2 Å². The van der Waals surface area contributed by atoms with Crippen molar-refractivity contribution in [3.8, 4) is 22.3 Å². The van der Waals surface area contributed by atoms with Gasteiger partial charge in [0.1, 0.15) is 0 Å². The molecule has 0 aromatic heterocycles. The van der Waals surface area contributed by atoms with Crippen LogP contribution in [0.2, 0.25) is 0 Å². The number of hydrogen-bond acceptors (Lipinski definition) is 0. The average molecular weight is 743 g/mol. The molecule has 46 heavy (non-hydrogen) atoms. The molecule has 0 saturated carbocycles. The standard InChI is InChI=1S/C30H41.C12H7Si.2ClH.Zr/c1-11-12-20-15-21-13-14-26(30(8,9)10)27(25(21)16-20)22-17-23(28(2,3)4)19-24(18-22)29(5,6)7;1-3-7-11-9(5-1)10-6-2-4-8-12(10)13-11;;;/h13-19H,11-12H2,1-10H3;1-7H;2*1H;/q2*-1;;;+4/p-2. The molecule has 6 rings (SSSR count). The van der Waals surface area contributed by atoms with Crippen molar-refractivity contribution < 1.29 is 20.8 Å². The Balaban J connectivity index is 0.000000245. The molecule has 1 aliphatic rings. The van der Waals surface area contributed by atoms with Crippen LogP contribution in [0.15, 0.2) is 84.9 Å². The number of fused-ring (bicyclic) bond motifs is 4. The SMILES string of the molecule is CCCc1cc2c(-c3cc(C(C)(C)C)cc(C(C)(C)C)c3)c(C(C)(C)C)ccc2[cH-]1.[Cl][Zr+2][Cl].[c-]1cccc2c1[Si]c1ccccc1-2. The van der Waals surface area contributed by atoms with E-state index in [1.165, 1.54) is 72.1 Å². The summed E-state index contributed by atoms with van der Waals surface area (Å²) in [5, 5.41) is 5.61. The summed E-state index contributed by atoms with van der Waals surface area (Å²) >= 11 is -0.826. The van der Waals surface area contributed by atoms with Crippen LogP contribution in [0.1, 0.15) is 97.9 Å². The molecular formula is C42H48Cl2SiZr. The van der Waals surface area contributed by atoms with E-state index in [1.54, 1.807) is 0 Å². The normalized spacial score (nSPS) is 12.3. The van der Waals surface area contributed by atoms with E-state index in [2.05, 4.69) is 154 Å². The second kappa shape index (κ2) is 15.2. The van der Waals surface area contributed by atoms with Gasteiger partial charge < -0.3 is 0 Å². The van der Waals surface area contributed by atoms with Crippen molar-refractivity contribution in [3.05, 3.63) is 113 Å². The van der Waals surface area contributed by atoms with Gasteiger partial charge in [-0.3, -0.25) is 0 Å². The van der Waals surface area contributed by atoms with Gasteiger partial charge in [-0.25, -0.2) is 0 Å². The quantitative estimate of drug-likeness (QED) is 0.125. The molecule has 5 aromatic carbocycles. The zero-order chi connectivity index (χ0) is 33.9. The van der Waals surface area contributed by atoms with E-state index in [4.69, 9.17) is 17.0 Å². The Morgan fingerprint density at radius 3 is 1.93 bits per heavy atom. The Labute approximate surface area is 300 Å². The molecule has 0 nitrogen and oxygen atoms in total. The van der Waals surface area contributed by atoms with E-state index in [9.17, 15) is 0 Å². The van der Waals surface area contributed by atoms with Crippen molar-refractivity contribution in [2.24, 2.45) is 0 Å². The fourth-order valence-corrected chi connectivity index (χ4v) is 7.39. The van der Waals surface area contributed by atoms with Gasteiger partial charge in [0.15, 0.2) is 0 Å². The topological polar surface area (TPSA) is 0 Å². The molecule has 5 aromatic rings. The van der Waals surface area contributed by atoms with Crippen molar-refractivity contribution in [1.82, 2.24) is 0 Å². The zero-order valence-electron chi connectivity index (χ0n) is 29.3. The van der Waals surface area contributed by atoms with Gasteiger partial charge in [0.05, 0.1) is 9.52 Å².